The second kappa shape index (κ2) is 6.01. The Bertz CT molecular complexity index is 791. The summed E-state index contributed by atoms with van der Waals surface area (Å²) in [6, 6.07) is 7.26. The summed E-state index contributed by atoms with van der Waals surface area (Å²) in [6.45, 7) is 0. The lowest BCUT2D eigenvalue weighted by atomic mass is 10.2. The normalized spacial score (nSPS) is 11.3. The summed E-state index contributed by atoms with van der Waals surface area (Å²) >= 11 is 11.6. The number of hydrogen-bond donors (Lipinski definition) is 1. The molecule has 21 heavy (non-hydrogen) atoms. The Morgan fingerprint density at radius 1 is 1.19 bits per heavy atom. The molecule has 0 aliphatic heterocycles. The lowest BCUT2D eigenvalue weighted by molar-refractivity contribution is 0.0697. The molecule has 1 heterocycles. The topological polar surface area (TPSA) is 84.3 Å². The summed E-state index contributed by atoms with van der Waals surface area (Å²) in [5, 5.41) is 8.53. The molecule has 0 fully saturated rings. The highest BCUT2D eigenvalue weighted by atomic mass is 35.5. The number of aromatic nitrogens is 1. The lowest BCUT2D eigenvalue weighted by Crippen LogP contribution is -2.09. The highest BCUT2D eigenvalue weighted by molar-refractivity contribution is 7.90. The number of carbonyl (C=O) groups is 1. The summed E-state index contributed by atoms with van der Waals surface area (Å²) in [4.78, 5) is 14.8. The second-order valence-electron chi connectivity index (χ2n) is 4.12. The van der Waals surface area contributed by atoms with Crippen LogP contribution in [-0.4, -0.2) is 24.5 Å². The number of carboxylic acids is 1. The van der Waals surface area contributed by atoms with Crippen molar-refractivity contribution in [1.82, 2.24) is 4.98 Å². The van der Waals surface area contributed by atoms with E-state index in [9.17, 15) is 13.2 Å². The van der Waals surface area contributed by atoms with Crippen molar-refractivity contribution in [2.24, 2.45) is 0 Å². The van der Waals surface area contributed by atoms with Crippen LogP contribution >= 0.6 is 23.2 Å². The SMILES string of the molecule is O=C(O)c1c(Cl)ccc(S(=O)(=O)Cc2ccccn2)c1Cl. The third-order valence-corrected chi connectivity index (χ3v) is 5.17. The Morgan fingerprint density at radius 3 is 2.48 bits per heavy atom. The van der Waals surface area contributed by atoms with E-state index in [0.717, 1.165) is 0 Å². The van der Waals surface area contributed by atoms with E-state index in [0.29, 0.717) is 5.69 Å². The molecule has 0 bridgehead atoms. The molecule has 0 amide bonds. The van der Waals surface area contributed by atoms with Gasteiger partial charge in [0, 0.05) is 6.20 Å². The molecule has 0 saturated heterocycles. The van der Waals surface area contributed by atoms with Gasteiger partial charge in [-0.1, -0.05) is 29.3 Å². The fourth-order valence-electron chi connectivity index (χ4n) is 1.73. The zero-order chi connectivity index (χ0) is 15.6. The Labute approximate surface area is 131 Å². The quantitative estimate of drug-likeness (QED) is 0.920. The number of benzene rings is 1. The molecule has 0 radical (unpaired) electrons. The van der Waals surface area contributed by atoms with E-state index in [1.165, 1.54) is 18.3 Å². The van der Waals surface area contributed by atoms with Gasteiger partial charge in [-0.05, 0) is 24.3 Å². The maximum absolute atomic E-state index is 12.3. The molecule has 0 unspecified atom stereocenters. The predicted molar refractivity (Wildman–Crippen MR) is 78.5 cm³/mol. The predicted octanol–water partition coefficient (Wildman–Crippen LogP) is 3.06. The van der Waals surface area contributed by atoms with Crippen LogP contribution in [0.3, 0.4) is 0 Å². The van der Waals surface area contributed by atoms with E-state index in [-0.39, 0.29) is 15.7 Å². The van der Waals surface area contributed by atoms with Crippen molar-refractivity contribution >= 4 is 39.0 Å². The first-order valence-electron chi connectivity index (χ1n) is 5.67. The number of carboxylic acid groups (broad SMARTS) is 1. The summed E-state index contributed by atoms with van der Waals surface area (Å²) in [7, 11) is -3.83. The molecule has 0 aliphatic carbocycles. The van der Waals surface area contributed by atoms with Crippen LogP contribution < -0.4 is 0 Å². The minimum absolute atomic E-state index is 0.121. The summed E-state index contributed by atoms with van der Waals surface area (Å²) in [6.07, 6.45) is 1.47. The van der Waals surface area contributed by atoms with Crippen LogP contribution in [0.5, 0.6) is 0 Å². The van der Waals surface area contributed by atoms with E-state index in [4.69, 9.17) is 28.3 Å². The molecule has 2 rings (SSSR count). The van der Waals surface area contributed by atoms with Crippen molar-refractivity contribution in [2.75, 3.05) is 0 Å². The zero-order valence-corrected chi connectivity index (χ0v) is 12.8. The molecule has 1 N–H and O–H groups in total. The van der Waals surface area contributed by atoms with Gasteiger partial charge in [0.1, 0.15) is 0 Å². The molecule has 110 valence electrons. The Morgan fingerprint density at radius 2 is 1.90 bits per heavy atom. The van der Waals surface area contributed by atoms with Crippen LogP contribution in [0.2, 0.25) is 10.0 Å². The van der Waals surface area contributed by atoms with Crippen molar-refractivity contribution in [3.8, 4) is 0 Å². The highest BCUT2D eigenvalue weighted by Gasteiger charge is 2.25. The van der Waals surface area contributed by atoms with Gasteiger partial charge >= 0.3 is 5.97 Å². The van der Waals surface area contributed by atoms with Crippen LogP contribution in [-0.2, 0) is 15.6 Å². The number of aromatic carboxylic acids is 1. The van der Waals surface area contributed by atoms with Gasteiger partial charge in [-0.2, -0.15) is 0 Å². The van der Waals surface area contributed by atoms with E-state index in [1.54, 1.807) is 18.2 Å². The second-order valence-corrected chi connectivity index (χ2v) is 6.86. The molecule has 1 aromatic heterocycles. The molecule has 0 saturated carbocycles. The minimum Gasteiger partial charge on any atom is -0.478 e. The minimum atomic E-state index is -3.83. The first-order valence-corrected chi connectivity index (χ1v) is 8.07. The number of nitrogens with zero attached hydrogens (tertiary/aromatic N) is 1. The van der Waals surface area contributed by atoms with Gasteiger partial charge in [0.05, 0.1) is 32.0 Å². The molecule has 0 atom stereocenters. The molecule has 2 aromatic rings. The van der Waals surface area contributed by atoms with Crippen molar-refractivity contribution in [2.45, 2.75) is 10.6 Å². The van der Waals surface area contributed by atoms with E-state index in [1.807, 2.05) is 0 Å². The summed E-state index contributed by atoms with van der Waals surface area (Å²) < 4.78 is 24.7. The molecule has 8 heteroatoms. The summed E-state index contributed by atoms with van der Waals surface area (Å²) in [5.41, 5.74) is -0.0965. The van der Waals surface area contributed by atoms with Gasteiger partial charge in [0.2, 0.25) is 0 Å². The third-order valence-electron chi connectivity index (χ3n) is 2.67. The van der Waals surface area contributed by atoms with Crippen LogP contribution in [0, 0.1) is 0 Å². The smallest absolute Gasteiger partial charge is 0.338 e. The van der Waals surface area contributed by atoms with Gasteiger partial charge < -0.3 is 5.11 Å². The van der Waals surface area contributed by atoms with Gasteiger partial charge in [-0.3, -0.25) is 4.98 Å². The first-order chi connectivity index (χ1) is 9.83. The monoisotopic (exact) mass is 345 g/mol. The largest absolute Gasteiger partial charge is 0.478 e. The molecule has 0 spiro atoms. The van der Waals surface area contributed by atoms with Crippen LogP contribution in [0.15, 0.2) is 41.4 Å². The third kappa shape index (κ3) is 3.34. The van der Waals surface area contributed by atoms with Gasteiger partial charge in [0.25, 0.3) is 0 Å². The standard InChI is InChI=1S/C13H9Cl2NO4S/c14-9-4-5-10(12(15)11(9)13(17)18)21(19,20)7-8-3-1-2-6-16-8/h1-6H,7H2,(H,17,18). The van der Waals surface area contributed by atoms with E-state index < -0.39 is 26.4 Å². The average Bonchev–Trinajstić information content (AvgIpc) is 2.38. The number of hydrogen-bond acceptors (Lipinski definition) is 4. The fraction of sp³-hybridized carbons (Fsp3) is 0.0769. The first kappa shape index (κ1) is 15.8. The van der Waals surface area contributed by atoms with Gasteiger partial charge in [0.15, 0.2) is 9.84 Å². The Hall–Kier alpha value is -1.63. The van der Waals surface area contributed by atoms with Crippen molar-refractivity contribution < 1.29 is 18.3 Å². The molecule has 1 aromatic carbocycles. The van der Waals surface area contributed by atoms with Crippen molar-refractivity contribution in [3.63, 3.8) is 0 Å². The molecular weight excluding hydrogens is 337 g/mol. The van der Waals surface area contributed by atoms with Crippen molar-refractivity contribution in [3.05, 3.63) is 57.8 Å². The average molecular weight is 346 g/mol. The maximum Gasteiger partial charge on any atom is 0.338 e. The van der Waals surface area contributed by atoms with Gasteiger partial charge in [-0.25, -0.2) is 13.2 Å². The van der Waals surface area contributed by atoms with Gasteiger partial charge in [-0.15, -0.1) is 0 Å². The van der Waals surface area contributed by atoms with Crippen LogP contribution in [0.1, 0.15) is 16.1 Å². The van der Waals surface area contributed by atoms with Crippen LogP contribution in [0.25, 0.3) is 0 Å². The zero-order valence-electron chi connectivity index (χ0n) is 10.5. The highest BCUT2D eigenvalue weighted by Crippen LogP contribution is 2.32. The molecule has 5 nitrogen and oxygen atoms in total. The fourth-order valence-corrected chi connectivity index (χ4v) is 3.98. The Kier molecular flexibility index (Phi) is 4.51. The number of halogens is 2. The van der Waals surface area contributed by atoms with Crippen molar-refractivity contribution in [1.29, 1.82) is 0 Å². The number of sulfone groups is 1. The molecule has 0 aliphatic rings. The van der Waals surface area contributed by atoms with E-state index >= 15 is 0 Å². The maximum atomic E-state index is 12.3. The lowest BCUT2D eigenvalue weighted by Gasteiger charge is -2.09. The van der Waals surface area contributed by atoms with E-state index in [2.05, 4.69) is 4.98 Å². The Balaban J connectivity index is 2.51. The number of rotatable bonds is 4. The summed E-state index contributed by atoms with van der Waals surface area (Å²) in [5.74, 6) is -1.77. The number of pyridine rings is 1. The van der Waals surface area contributed by atoms with Crippen LogP contribution in [0.4, 0.5) is 0 Å². The molecular formula is C13H9Cl2NO4S.